The Bertz CT molecular complexity index is 1650. The van der Waals surface area contributed by atoms with E-state index in [1.807, 2.05) is 59.0 Å². The number of benzene rings is 3. The van der Waals surface area contributed by atoms with E-state index in [9.17, 15) is 12.8 Å². The number of sulfonamides is 1. The molecule has 0 amide bonds. The van der Waals surface area contributed by atoms with Crippen LogP contribution in [0.25, 0.3) is 16.6 Å². The molecule has 36 heavy (non-hydrogen) atoms. The predicted octanol–water partition coefficient (Wildman–Crippen LogP) is 3.52. The molecular weight excluding hydrogens is 479 g/mol. The summed E-state index contributed by atoms with van der Waals surface area (Å²) in [7, 11) is -3.71. The summed E-state index contributed by atoms with van der Waals surface area (Å²) in [6, 6.07) is 22.8. The maximum absolute atomic E-state index is 13.3. The Labute approximate surface area is 207 Å². The maximum Gasteiger partial charge on any atom is 0.243 e. The minimum absolute atomic E-state index is 0.0903. The average molecular weight is 503 g/mol. The molecule has 0 unspecified atom stereocenters. The van der Waals surface area contributed by atoms with Crippen molar-refractivity contribution in [2.24, 2.45) is 0 Å². The van der Waals surface area contributed by atoms with Crippen LogP contribution >= 0.6 is 0 Å². The third-order valence-electron chi connectivity index (χ3n) is 6.47. The van der Waals surface area contributed by atoms with Gasteiger partial charge in [0.05, 0.1) is 10.4 Å². The molecule has 0 saturated carbocycles. The number of fused-ring (bicyclic) bond motifs is 3. The van der Waals surface area contributed by atoms with Gasteiger partial charge in [0.15, 0.2) is 5.65 Å². The van der Waals surface area contributed by atoms with Crippen molar-refractivity contribution < 1.29 is 12.8 Å². The topological polar surface area (TPSA) is 83.7 Å². The van der Waals surface area contributed by atoms with Gasteiger partial charge in [-0.25, -0.2) is 22.2 Å². The number of hydrogen-bond donors (Lipinski definition) is 0. The van der Waals surface area contributed by atoms with Crippen LogP contribution in [0.1, 0.15) is 11.4 Å². The quantitative estimate of drug-likeness (QED) is 0.366. The summed E-state index contributed by atoms with van der Waals surface area (Å²) in [6.07, 6.45) is 0.591. The van der Waals surface area contributed by atoms with E-state index in [0.29, 0.717) is 25.5 Å². The lowest BCUT2D eigenvalue weighted by Crippen LogP contribution is -2.49. The zero-order valence-corrected chi connectivity index (χ0v) is 20.1. The lowest BCUT2D eigenvalue weighted by molar-refractivity contribution is 0.382. The lowest BCUT2D eigenvalue weighted by Gasteiger charge is -2.35. The molecule has 1 fully saturated rings. The largest absolute Gasteiger partial charge is 0.339 e. The Morgan fingerprint density at radius 3 is 2.25 bits per heavy atom. The van der Waals surface area contributed by atoms with E-state index in [-0.39, 0.29) is 18.0 Å². The molecule has 6 rings (SSSR count). The molecular formula is C26H23FN6O2S. The number of piperazine rings is 1. The van der Waals surface area contributed by atoms with Crippen LogP contribution < -0.4 is 4.90 Å². The fourth-order valence-corrected chi connectivity index (χ4v) is 6.03. The van der Waals surface area contributed by atoms with Crippen molar-refractivity contribution in [3.8, 4) is 0 Å². The predicted molar refractivity (Wildman–Crippen MR) is 135 cm³/mol. The van der Waals surface area contributed by atoms with Gasteiger partial charge in [-0.2, -0.15) is 4.31 Å². The summed E-state index contributed by atoms with van der Waals surface area (Å²) < 4.78 is 42.9. The minimum Gasteiger partial charge on any atom is -0.339 e. The molecule has 0 radical (unpaired) electrons. The molecule has 0 spiro atoms. The van der Waals surface area contributed by atoms with E-state index >= 15 is 0 Å². The van der Waals surface area contributed by atoms with Crippen molar-refractivity contribution in [2.75, 3.05) is 31.1 Å². The molecule has 0 bridgehead atoms. The van der Waals surface area contributed by atoms with E-state index in [4.69, 9.17) is 4.98 Å². The molecule has 10 heteroatoms. The molecule has 1 aliphatic rings. The van der Waals surface area contributed by atoms with Crippen molar-refractivity contribution in [1.29, 1.82) is 0 Å². The van der Waals surface area contributed by atoms with Crippen molar-refractivity contribution in [3.63, 3.8) is 0 Å². The van der Waals surface area contributed by atoms with Crippen molar-refractivity contribution in [3.05, 3.63) is 96.1 Å². The van der Waals surface area contributed by atoms with E-state index in [1.54, 1.807) is 0 Å². The van der Waals surface area contributed by atoms with Crippen LogP contribution in [0, 0.1) is 5.82 Å². The Kier molecular flexibility index (Phi) is 5.62. The van der Waals surface area contributed by atoms with Gasteiger partial charge >= 0.3 is 0 Å². The van der Waals surface area contributed by atoms with Gasteiger partial charge in [0.25, 0.3) is 0 Å². The zero-order valence-electron chi connectivity index (χ0n) is 19.3. The van der Waals surface area contributed by atoms with Crippen LogP contribution in [0.5, 0.6) is 0 Å². The van der Waals surface area contributed by atoms with E-state index in [1.165, 1.54) is 28.6 Å². The van der Waals surface area contributed by atoms with Gasteiger partial charge in [0, 0.05) is 38.0 Å². The highest BCUT2D eigenvalue weighted by Crippen LogP contribution is 2.27. The second kappa shape index (κ2) is 8.96. The summed E-state index contributed by atoms with van der Waals surface area (Å²) in [4.78, 5) is 7.12. The lowest BCUT2D eigenvalue weighted by atomic mass is 10.1. The summed E-state index contributed by atoms with van der Waals surface area (Å²) >= 11 is 0. The van der Waals surface area contributed by atoms with Crippen LogP contribution in [0.2, 0.25) is 0 Å². The number of rotatable bonds is 5. The molecule has 0 atom stereocenters. The first-order valence-electron chi connectivity index (χ1n) is 11.7. The average Bonchev–Trinajstić information content (AvgIpc) is 3.33. The zero-order chi connectivity index (χ0) is 24.7. The summed E-state index contributed by atoms with van der Waals surface area (Å²) in [5.41, 5.74) is 2.64. The number of para-hydroxylation sites is 1. The van der Waals surface area contributed by atoms with Gasteiger partial charge < -0.3 is 4.90 Å². The van der Waals surface area contributed by atoms with Crippen LogP contribution in [0.4, 0.5) is 10.3 Å². The SMILES string of the molecule is O=S(=O)(c1ccc(F)cc1)N1CCN(c2nc3ccccc3c3nnc(Cc4ccccc4)n23)CC1. The molecule has 0 aliphatic carbocycles. The smallest absolute Gasteiger partial charge is 0.243 e. The maximum atomic E-state index is 13.3. The standard InChI is InChI=1S/C26H23FN6O2S/c27-20-10-12-21(13-11-20)36(34,35)32-16-14-31(15-17-32)26-28-23-9-5-4-8-22(23)25-30-29-24(33(25)26)18-19-6-2-1-3-7-19/h1-13H,14-18H2. The molecule has 3 aromatic carbocycles. The highest BCUT2D eigenvalue weighted by Gasteiger charge is 2.30. The normalized spacial score (nSPS) is 15.1. The minimum atomic E-state index is -3.71. The first kappa shape index (κ1) is 22.6. The first-order valence-corrected chi connectivity index (χ1v) is 13.1. The van der Waals surface area contributed by atoms with Crippen molar-refractivity contribution in [1.82, 2.24) is 23.9 Å². The Morgan fingerprint density at radius 1 is 0.806 bits per heavy atom. The van der Waals surface area contributed by atoms with Gasteiger partial charge in [-0.1, -0.05) is 42.5 Å². The van der Waals surface area contributed by atoms with Crippen LogP contribution in [0.3, 0.4) is 0 Å². The highest BCUT2D eigenvalue weighted by molar-refractivity contribution is 7.89. The number of anilines is 1. The molecule has 3 heterocycles. The molecule has 5 aromatic rings. The fourth-order valence-electron chi connectivity index (χ4n) is 4.61. The Balaban J connectivity index is 1.35. The molecule has 182 valence electrons. The van der Waals surface area contributed by atoms with Gasteiger partial charge in [0.1, 0.15) is 11.6 Å². The summed E-state index contributed by atoms with van der Waals surface area (Å²) in [5.74, 6) is 0.995. The highest BCUT2D eigenvalue weighted by atomic mass is 32.2. The van der Waals surface area contributed by atoms with Crippen LogP contribution in [-0.4, -0.2) is 58.5 Å². The number of hydrogen-bond acceptors (Lipinski definition) is 6. The second-order valence-corrected chi connectivity index (χ2v) is 10.6. The third kappa shape index (κ3) is 3.98. The number of aromatic nitrogens is 4. The monoisotopic (exact) mass is 502 g/mol. The number of halogens is 1. The second-order valence-electron chi connectivity index (χ2n) is 8.71. The summed E-state index contributed by atoms with van der Waals surface area (Å²) in [5, 5.41) is 9.92. The van der Waals surface area contributed by atoms with Gasteiger partial charge in [-0.15, -0.1) is 10.2 Å². The molecule has 1 aliphatic heterocycles. The van der Waals surface area contributed by atoms with E-state index in [2.05, 4.69) is 15.1 Å². The number of nitrogens with zero attached hydrogens (tertiary/aromatic N) is 6. The fraction of sp³-hybridized carbons (Fsp3) is 0.192. The van der Waals surface area contributed by atoms with E-state index < -0.39 is 15.8 Å². The van der Waals surface area contributed by atoms with Gasteiger partial charge in [0.2, 0.25) is 16.0 Å². The van der Waals surface area contributed by atoms with Crippen molar-refractivity contribution in [2.45, 2.75) is 11.3 Å². The van der Waals surface area contributed by atoms with Gasteiger partial charge in [-0.05, 0) is 42.0 Å². The van der Waals surface area contributed by atoms with Crippen LogP contribution in [-0.2, 0) is 16.4 Å². The van der Waals surface area contributed by atoms with E-state index in [0.717, 1.165) is 27.9 Å². The third-order valence-corrected chi connectivity index (χ3v) is 8.39. The Hall–Kier alpha value is -3.89. The van der Waals surface area contributed by atoms with Crippen LogP contribution in [0.15, 0.2) is 83.8 Å². The first-order chi connectivity index (χ1) is 17.5. The molecule has 1 saturated heterocycles. The molecule has 8 nitrogen and oxygen atoms in total. The molecule has 2 aromatic heterocycles. The summed E-state index contributed by atoms with van der Waals surface area (Å²) in [6.45, 7) is 1.46. The van der Waals surface area contributed by atoms with Gasteiger partial charge in [-0.3, -0.25) is 0 Å². The molecule has 0 N–H and O–H groups in total. The van der Waals surface area contributed by atoms with Crippen molar-refractivity contribution >= 4 is 32.5 Å². The Morgan fingerprint density at radius 2 is 1.50 bits per heavy atom.